The number of carboxylic acid groups (broad SMARTS) is 1. The van der Waals surface area contributed by atoms with Gasteiger partial charge in [0.05, 0.1) is 17.0 Å². The minimum Gasteiger partial charge on any atom is -0.480 e. The highest BCUT2D eigenvalue weighted by Gasteiger charge is 2.21. The topological polar surface area (TPSA) is 92.2 Å². The van der Waals surface area contributed by atoms with Crippen molar-refractivity contribution < 1.29 is 14.7 Å². The maximum Gasteiger partial charge on any atom is 0.326 e. The number of nitrogens with one attached hydrogen (secondary N) is 1. The number of carbonyl (C=O) groups is 2. The molecule has 0 bridgehead atoms. The van der Waals surface area contributed by atoms with Crippen molar-refractivity contribution >= 4 is 11.9 Å². The van der Waals surface area contributed by atoms with E-state index in [0.717, 1.165) is 0 Å². The predicted molar refractivity (Wildman–Crippen MR) is 65.3 cm³/mol. The highest BCUT2D eigenvalue weighted by atomic mass is 16.4. The van der Waals surface area contributed by atoms with Gasteiger partial charge in [-0.3, -0.25) is 4.79 Å². The summed E-state index contributed by atoms with van der Waals surface area (Å²) < 4.78 is 0. The summed E-state index contributed by atoms with van der Waals surface area (Å²) in [5.41, 5.74) is 1.47. The van der Waals surface area contributed by atoms with Gasteiger partial charge in [0.2, 0.25) is 0 Å². The van der Waals surface area contributed by atoms with Gasteiger partial charge < -0.3 is 10.4 Å². The van der Waals surface area contributed by atoms with Crippen LogP contribution in [0.25, 0.3) is 0 Å². The van der Waals surface area contributed by atoms with E-state index in [-0.39, 0.29) is 0 Å². The second kappa shape index (κ2) is 6.09. The fraction of sp³-hybridized carbons (Fsp3) is 0.500. The Bertz CT molecular complexity index is 460. The van der Waals surface area contributed by atoms with Crippen LogP contribution in [-0.4, -0.2) is 33.2 Å². The van der Waals surface area contributed by atoms with Gasteiger partial charge in [-0.25, -0.2) is 4.79 Å². The minimum atomic E-state index is -1.03. The van der Waals surface area contributed by atoms with E-state index in [2.05, 4.69) is 15.5 Å². The van der Waals surface area contributed by atoms with Crippen LogP contribution in [0.15, 0.2) is 6.07 Å². The van der Waals surface area contributed by atoms with Crippen molar-refractivity contribution in [2.75, 3.05) is 0 Å². The second-order valence-corrected chi connectivity index (χ2v) is 4.14. The highest BCUT2D eigenvalue weighted by molar-refractivity contribution is 5.97. The SMILES string of the molecule is CCCC(NC(=O)c1cc(C)nnc1C)C(=O)O. The summed E-state index contributed by atoms with van der Waals surface area (Å²) >= 11 is 0. The van der Waals surface area contributed by atoms with Gasteiger partial charge in [-0.05, 0) is 26.3 Å². The number of hydrogen-bond acceptors (Lipinski definition) is 4. The largest absolute Gasteiger partial charge is 0.480 e. The molecule has 1 amide bonds. The van der Waals surface area contributed by atoms with Crippen LogP contribution in [0.2, 0.25) is 0 Å². The average Bonchev–Trinajstić information content (AvgIpc) is 2.31. The maximum atomic E-state index is 12.0. The van der Waals surface area contributed by atoms with Gasteiger partial charge in [0.15, 0.2) is 0 Å². The van der Waals surface area contributed by atoms with Gasteiger partial charge in [0.25, 0.3) is 5.91 Å². The third kappa shape index (κ3) is 3.51. The zero-order valence-electron chi connectivity index (χ0n) is 10.7. The number of aromatic nitrogens is 2. The number of carboxylic acids is 1. The van der Waals surface area contributed by atoms with Crippen LogP contribution in [0.3, 0.4) is 0 Å². The maximum absolute atomic E-state index is 12.0. The van der Waals surface area contributed by atoms with Crippen molar-refractivity contribution in [3.63, 3.8) is 0 Å². The van der Waals surface area contributed by atoms with Crippen LogP contribution in [0, 0.1) is 13.8 Å². The summed E-state index contributed by atoms with van der Waals surface area (Å²) in [5, 5.41) is 19.1. The molecule has 1 aromatic rings. The number of amides is 1. The summed E-state index contributed by atoms with van der Waals surface area (Å²) in [5.74, 6) is -1.45. The Balaban J connectivity index is 2.86. The first-order chi connectivity index (χ1) is 8.45. The average molecular weight is 251 g/mol. The molecule has 0 spiro atoms. The molecule has 1 atom stereocenters. The molecule has 1 aromatic heterocycles. The molecule has 6 nitrogen and oxygen atoms in total. The fourth-order valence-electron chi connectivity index (χ4n) is 1.56. The van der Waals surface area contributed by atoms with Crippen molar-refractivity contribution in [1.29, 1.82) is 0 Å². The van der Waals surface area contributed by atoms with E-state index in [4.69, 9.17) is 5.11 Å². The van der Waals surface area contributed by atoms with E-state index < -0.39 is 17.9 Å². The van der Waals surface area contributed by atoms with Crippen molar-refractivity contribution in [1.82, 2.24) is 15.5 Å². The van der Waals surface area contributed by atoms with Gasteiger partial charge in [-0.1, -0.05) is 13.3 Å². The van der Waals surface area contributed by atoms with E-state index in [1.165, 1.54) is 0 Å². The molecule has 0 aliphatic carbocycles. The lowest BCUT2D eigenvalue weighted by atomic mass is 10.1. The Labute approximate surface area is 105 Å². The zero-order chi connectivity index (χ0) is 13.7. The summed E-state index contributed by atoms with van der Waals surface area (Å²) in [6, 6.07) is 0.734. The molecule has 0 saturated heterocycles. The van der Waals surface area contributed by atoms with Crippen LogP contribution >= 0.6 is 0 Å². The molecule has 0 fully saturated rings. The van der Waals surface area contributed by atoms with Crippen LogP contribution in [0.1, 0.15) is 41.5 Å². The highest BCUT2D eigenvalue weighted by Crippen LogP contribution is 2.07. The number of aryl methyl sites for hydroxylation is 2. The molecular weight excluding hydrogens is 234 g/mol. The Kier molecular flexibility index (Phi) is 4.76. The fourth-order valence-corrected chi connectivity index (χ4v) is 1.56. The van der Waals surface area contributed by atoms with Crippen molar-refractivity contribution in [3.8, 4) is 0 Å². The molecule has 0 saturated carbocycles. The van der Waals surface area contributed by atoms with Gasteiger partial charge in [0.1, 0.15) is 6.04 Å². The van der Waals surface area contributed by atoms with Crippen molar-refractivity contribution in [2.24, 2.45) is 0 Å². The number of carbonyl (C=O) groups excluding carboxylic acids is 1. The predicted octanol–water partition coefficient (Wildman–Crippen LogP) is 1.08. The number of hydrogen-bond donors (Lipinski definition) is 2. The summed E-state index contributed by atoms with van der Waals surface area (Å²) in [4.78, 5) is 22.9. The Morgan fingerprint density at radius 1 is 1.39 bits per heavy atom. The van der Waals surface area contributed by atoms with Crippen LogP contribution < -0.4 is 5.32 Å². The van der Waals surface area contributed by atoms with E-state index in [1.807, 2.05) is 6.92 Å². The van der Waals surface area contributed by atoms with E-state index >= 15 is 0 Å². The normalized spacial score (nSPS) is 11.9. The number of aliphatic carboxylic acids is 1. The Morgan fingerprint density at radius 2 is 2.06 bits per heavy atom. The standard InChI is InChI=1S/C12H17N3O3/c1-4-5-10(12(17)18)13-11(16)9-6-7(2)14-15-8(9)3/h6,10H,4-5H2,1-3H3,(H,13,16)(H,17,18). The molecule has 0 radical (unpaired) electrons. The van der Waals surface area contributed by atoms with Crippen LogP contribution in [0.4, 0.5) is 0 Å². The molecule has 0 aliphatic rings. The molecule has 98 valence electrons. The Morgan fingerprint density at radius 3 is 2.61 bits per heavy atom. The summed E-state index contributed by atoms with van der Waals surface area (Å²) in [7, 11) is 0. The van der Waals surface area contributed by atoms with Crippen LogP contribution in [0.5, 0.6) is 0 Å². The summed E-state index contributed by atoms with van der Waals surface area (Å²) in [6.45, 7) is 5.26. The molecule has 2 N–H and O–H groups in total. The molecule has 0 aliphatic heterocycles. The first-order valence-corrected chi connectivity index (χ1v) is 5.80. The molecular formula is C12H17N3O3. The smallest absolute Gasteiger partial charge is 0.326 e. The number of nitrogens with zero attached hydrogens (tertiary/aromatic N) is 2. The van der Waals surface area contributed by atoms with E-state index in [0.29, 0.717) is 29.8 Å². The second-order valence-electron chi connectivity index (χ2n) is 4.14. The number of rotatable bonds is 5. The molecule has 1 heterocycles. The molecule has 18 heavy (non-hydrogen) atoms. The third-order valence-corrected chi connectivity index (χ3v) is 2.53. The molecule has 1 rings (SSSR count). The third-order valence-electron chi connectivity index (χ3n) is 2.53. The van der Waals surface area contributed by atoms with E-state index in [9.17, 15) is 9.59 Å². The molecule has 6 heteroatoms. The monoisotopic (exact) mass is 251 g/mol. The van der Waals surface area contributed by atoms with Crippen molar-refractivity contribution in [3.05, 3.63) is 23.0 Å². The molecule has 0 aromatic carbocycles. The minimum absolute atomic E-state index is 0.366. The van der Waals surface area contributed by atoms with Gasteiger partial charge in [0, 0.05) is 0 Å². The van der Waals surface area contributed by atoms with Gasteiger partial charge >= 0.3 is 5.97 Å². The first kappa shape index (κ1) is 14.1. The molecule has 1 unspecified atom stereocenters. The quantitative estimate of drug-likeness (QED) is 0.816. The van der Waals surface area contributed by atoms with Gasteiger partial charge in [-0.15, -0.1) is 0 Å². The lowest BCUT2D eigenvalue weighted by Crippen LogP contribution is -2.41. The van der Waals surface area contributed by atoms with Gasteiger partial charge in [-0.2, -0.15) is 10.2 Å². The van der Waals surface area contributed by atoms with Crippen molar-refractivity contribution in [2.45, 2.75) is 39.7 Å². The van der Waals surface area contributed by atoms with E-state index in [1.54, 1.807) is 19.9 Å². The Hall–Kier alpha value is -1.98. The summed E-state index contributed by atoms with van der Waals surface area (Å²) in [6.07, 6.45) is 1.08. The lowest BCUT2D eigenvalue weighted by molar-refractivity contribution is -0.139. The zero-order valence-corrected chi connectivity index (χ0v) is 10.7. The lowest BCUT2D eigenvalue weighted by Gasteiger charge is -2.14. The first-order valence-electron chi connectivity index (χ1n) is 5.80. The van der Waals surface area contributed by atoms with Crippen LogP contribution in [-0.2, 0) is 4.79 Å².